The first kappa shape index (κ1) is 33.6. The molecular formula is C32H42O12. The summed E-state index contributed by atoms with van der Waals surface area (Å²) in [6.45, 7) is 7.49. The molecule has 242 valence electrons. The lowest BCUT2D eigenvalue weighted by molar-refractivity contribution is -0.246. The van der Waals surface area contributed by atoms with Crippen LogP contribution in [0.1, 0.15) is 71.2 Å². The van der Waals surface area contributed by atoms with Crippen molar-refractivity contribution >= 4 is 23.9 Å². The molecule has 3 aliphatic rings. The molecule has 12 heteroatoms. The lowest BCUT2D eigenvalue weighted by atomic mass is 9.56. The summed E-state index contributed by atoms with van der Waals surface area (Å²) in [6, 6.07) is 7.94. The molecule has 0 unspecified atom stereocenters. The summed E-state index contributed by atoms with van der Waals surface area (Å²) in [5.74, 6) is -5.41. The van der Waals surface area contributed by atoms with Crippen molar-refractivity contribution in [2.24, 2.45) is 17.3 Å². The Morgan fingerprint density at radius 2 is 1.59 bits per heavy atom. The topological polar surface area (TPSA) is 186 Å². The van der Waals surface area contributed by atoms with E-state index in [0.717, 1.165) is 6.92 Å². The summed E-state index contributed by atoms with van der Waals surface area (Å²) in [4.78, 5) is 50.7. The van der Waals surface area contributed by atoms with E-state index in [2.05, 4.69) is 0 Å². The molecular weight excluding hydrogens is 576 g/mol. The summed E-state index contributed by atoms with van der Waals surface area (Å²) < 4.78 is 23.1. The third kappa shape index (κ3) is 5.64. The number of ether oxygens (including phenoxy) is 4. The maximum absolute atomic E-state index is 13.6. The number of aliphatic hydroxyl groups is 4. The number of aliphatic hydroxyl groups excluding tert-OH is 3. The maximum Gasteiger partial charge on any atom is 0.338 e. The number of fused-ring (bicyclic) bond motifs is 2. The molecule has 0 radical (unpaired) electrons. The number of esters is 4. The largest absolute Gasteiger partial charge is 0.465 e. The van der Waals surface area contributed by atoms with Gasteiger partial charge in [-0.05, 0) is 63.3 Å². The third-order valence-corrected chi connectivity index (χ3v) is 9.62. The predicted molar refractivity (Wildman–Crippen MR) is 153 cm³/mol. The van der Waals surface area contributed by atoms with E-state index in [1.165, 1.54) is 39.8 Å². The van der Waals surface area contributed by atoms with Crippen molar-refractivity contribution < 1.29 is 58.6 Å². The first-order valence-corrected chi connectivity index (χ1v) is 14.7. The van der Waals surface area contributed by atoms with Crippen LogP contribution >= 0.6 is 0 Å². The van der Waals surface area contributed by atoms with Crippen LogP contribution < -0.4 is 0 Å². The summed E-state index contributed by atoms with van der Waals surface area (Å²) in [7, 11) is 0. The third-order valence-electron chi connectivity index (χ3n) is 9.62. The highest BCUT2D eigenvalue weighted by molar-refractivity contribution is 5.89. The smallest absolute Gasteiger partial charge is 0.338 e. The first-order valence-electron chi connectivity index (χ1n) is 14.7. The summed E-state index contributed by atoms with van der Waals surface area (Å²) in [6.07, 6.45) is -7.69. The maximum atomic E-state index is 13.6. The van der Waals surface area contributed by atoms with E-state index in [0.29, 0.717) is 0 Å². The van der Waals surface area contributed by atoms with Crippen molar-refractivity contribution in [3.8, 4) is 0 Å². The van der Waals surface area contributed by atoms with Crippen molar-refractivity contribution in [3.63, 3.8) is 0 Å². The van der Waals surface area contributed by atoms with E-state index >= 15 is 0 Å². The Bertz CT molecular complexity index is 1320. The molecule has 1 aromatic rings. The zero-order valence-electron chi connectivity index (χ0n) is 25.8. The quantitative estimate of drug-likeness (QED) is 0.197. The minimum absolute atomic E-state index is 0.0181. The van der Waals surface area contributed by atoms with Crippen LogP contribution in [0.3, 0.4) is 0 Å². The van der Waals surface area contributed by atoms with Crippen molar-refractivity contribution in [1.82, 2.24) is 0 Å². The van der Waals surface area contributed by atoms with Crippen LogP contribution in [0.4, 0.5) is 0 Å². The van der Waals surface area contributed by atoms with Gasteiger partial charge in [-0.15, -0.1) is 0 Å². The van der Waals surface area contributed by atoms with Crippen LogP contribution in [0.2, 0.25) is 0 Å². The highest BCUT2D eigenvalue weighted by Gasteiger charge is 2.73. The molecule has 0 saturated heterocycles. The van der Waals surface area contributed by atoms with Gasteiger partial charge in [0.15, 0.2) is 11.7 Å². The fraction of sp³-hybridized carbons (Fsp3) is 0.625. The van der Waals surface area contributed by atoms with Gasteiger partial charge in [-0.3, -0.25) is 14.4 Å². The second-order valence-electron chi connectivity index (χ2n) is 12.7. The van der Waals surface area contributed by atoms with Gasteiger partial charge in [-0.2, -0.15) is 0 Å². The number of rotatable bonds is 7. The Morgan fingerprint density at radius 3 is 2.14 bits per heavy atom. The molecule has 2 fully saturated rings. The van der Waals surface area contributed by atoms with E-state index in [1.807, 2.05) is 0 Å². The number of carbonyl (C=O) groups excluding carboxylic acids is 4. The highest BCUT2D eigenvalue weighted by atomic mass is 16.6. The molecule has 9 atom stereocenters. The van der Waals surface area contributed by atoms with Crippen LogP contribution in [0.5, 0.6) is 0 Å². The zero-order valence-corrected chi connectivity index (χ0v) is 25.8. The first-order chi connectivity index (χ1) is 20.5. The zero-order chi connectivity index (χ0) is 32.8. The summed E-state index contributed by atoms with van der Waals surface area (Å²) in [5.41, 5.74) is -5.11. The van der Waals surface area contributed by atoms with E-state index in [9.17, 15) is 39.6 Å². The molecule has 4 rings (SSSR count). The van der Waals surface area contributed by atoms with Gasteiger partial charge in [0.05, 0.1) is 35.4 Å². The molecule has 2 saturated carbocycles. The van der Waals surface area contributed by atoms with Gasteiger partial charge >= 0.3 is 23.9 Å². The normalized spacial score (nSPS) is 35.1. The van der Waals surface area contributed by atoms with Crippen LogP contribution in [-0.4, -0.2) is 92.6 Å². The molecule has 0 heterocycles. The lowest BCUT2D eigenvalue weighted by Gasteiger charge is -2.55. The van der Waals surface area contributed by atoms with E-state index in [1.54, 1.807) is 25.1 Å². The van der Waals surface area contributed by atoms with Gasteiger partial charge < -0.3 is 39.4 Å². The summed E-state index contributed by atoms with van der Waals surface area (Å²) >= 11 is 0. The van der Waals surface area contributed by atoms with Crippen LogP contribution in [-0.2, 0) is 33.3 Å². The standard InChI is InChI=1S/C32H42O12/c1-16-22(36)14-31(30(5,6)40)24(16)26(37)28(43-29(39)20-10-8-7-9-11-20)32(44-19(4)35)13-12-23(42-18(3)34)21(15-41-17(2)33)25(32)27(31)38/h7-11,21-23,25-28,36-38,40H,12-15H2,1-6H3/t21-,22+,23-,25+,26-,27-,28+,31+,32+/m1/s1. The van der Waals surface area contributed by atoms with Crippen LogP contribution in [0.15, 0.2) is 41.5 Å². The fourth-order valence-electron chi connectivity index (χ4n) is 7.87. The van der Waals surface area contributed by atoms with E-state index in [-0.39, 0.29) is 36.0 Å². The van der Waals surface area contributed by atoms with Crippen LogP contribution in [0, 0.1) is 17.3 Å². The molecule has 4 N–H and O–H groups in total. The Morgan fingerprint density at radius 1 is 0.955 bits per heavy atom. The number of hydrogen-bond donors (Lipinski definition) is 4. The molecule has 12 nitrogen and oxygen atoms in total. The molecule has 1 aromatic carbocycles. The molecule has 0 aliphatic heterocycles. The molecule has 0 amide bonds. The second kappa shape index (κ2) is 12.2. The van der Waals surface area contributed by atoms with Crippen LogP contribution in [0.25, 0.3) is 0 Å². The SMILES string of the molecule is CC(=O)OC[C@H]1[C@H]2[C@@H](O)[C@]3(C(C)(C)O)C[C@H](O)C(C)=C3[C@@H](O)[C@H](OC(=O)c3ccccc3)[C@]2(OC(C)=O)CC[C@H]1OC(C)=O. The molecule has 0 bridgehead atoms. The molecule has 0 spiro atoms. The average molecular weight is 619 g/mol. The van der Waals surface area contributed by atoms with Gasteiger partial charge in [-0.1, -0.05) is 18.2 Å². The minimum atomic E-state index is -1.96. The number of carbonyl (C=O) groups is 4. The minimum Gasteiger partial charge on any atom is -0.465 e. The Balaban J connectivity index is 2.05. The Hall–Kier alpha value is -3.32. The summed E-state index contributed by atoms with van der Waals surface area (Å²) in [5, 5.41) is 47.7. The van der Waals surface area contributed by atoms with Crippen molar-refractivity contribution in [2.75, 3.05) is 6.61 Å². The van der Waals surface area contributed by atoms with Gasteiger partial charge in [0.1, 0.15) is 12.2 Å². The highest BCUT2D eigenvalue weighted by Crippen LogP contribution is 2.63. The van der Waals surface area contributed by atoms with Crippen molar-refractivity contribution in [1.29, 1.82) is 0 Å². The lowest BCUT2D eigenvalue weighted by Crippen LogP contribution is -2.67. The van der Waals surface area contributed by atoms with Crippen molar-refractivity contribution in [3.05, 3.63) is 47.0 Å². The number of benzene rings is 1. The second-order valence-corrected chi connectivity index (χ2v) is 12.7. The van der Waals surface area contributed by atoms with Gasteiger partial charge in [0, 0.05) is 32.6 Å². The molecule has 3 aliphatic carbocycles. The molecule has 44 heavy (non-hydrogen) atoms. The van der Waals surface area contributed by atoms with Gasteiger partial charge in [-0.25, -0.2) is 4.79 Å². The predicted octanol–water partition coefficient (Wildman–Crippen LogP) is 1.61. The Labute approximate surface area is 255 Å². The fourth-order valence-corrected chi connectivity index (χ4v) is 7.87. The number of hydrogen-bond acceptors (Lipinski definition) is 12. The molecule has 0 aromatic heterocycles. The Kier molecular flexibility index (Phi) is 9.33. The van der Waals surface area contributed by atoms with E-state index in [4.69, 9.17) is 18.9 Å². The monoisotopic (exact) mass is 618 g/mol. The van der Waals surface area contributed by atoms with Crippen molar-refractivity contribution in [2.45, 2.75) is 103 Å². The average Bonchev–Trinajstić information content (AvgIpc) is 3.18. The van der Waals surface area contributed by atoms with Gasteiger partial charge in [0.2, 0.25) is 0 Å². The van der Waals surface area contributed by atoms with Gasteiger partial charge in [0.25, 0.3) is 0 Å². The van der Waals surface area contributed by atoms with E-state index < -0.39 is 89.5 Å².